The smallest absolute Gasteiger partial charge is 0.0700 e. The monoisotopic (exact) mass is 215 g/mol. The van der Waals surface area contributed by atoms with Crippen molar-refractivity contribution in [3.63, 3.8) is 0 Å². The first-order valence-electron chi connectivity index (χ1n) is 6.04. The van der Waals surface area contributed by atoms with Crippen molar-refractivity contribution in [3.8, 4) is 0 Å². The predicted molar refractivity (Wildman–Crippen MR) is 62.1 cm³/mol. The Balaban J connectivity index is 1.77. The first-order valence-corrected chi connectivity index (χ1v) is 6.04. The summed E-state index contributed by atoms with van der Waals surface area (Å²) in [7, 11) is 1.70. The maximum atomic E-state index is 5.38. The molecule has 1 saturated carbocycles. The van der Waals surface area contributed by atoms with Crippen LogP contribution in [0.5, 0.6) is 0 Å². The largest absolute Gasteiger partial charge is 0.382 e. The second-order valence-electron chi connectivity index (χ2n) is 4.80. The van der Waals surface area contributed by atoms with E-state index in [1.54, 1.807) is 7.11 Å². The van der Waals surface area contributed by atoms with E-state index >= 15 is 0 Å². The number of hydrogen-bond acceptors (Lipinski definition) is 3. The molecular weight excluding hydrogens is 190 g/mol. The highest BCUT2D eigenvalue weighted by Gasteiger charge is 2.30. The minimum atomic E-state index is 0.594. The molecule has 0 unspecified atom stereocenters. The highest BCUT2D eigenvalue weighted by molar-refractivity contribution is 4.84. The molecular formula is C12H25NO2. The van der Waals surface area contributed by atoms with E-state index in [9.17, 15) is 0 Å². The zero-order valence-corrected chi connectivity index (χ0v) is 10.2. The fourth-order valence-corrected chi connectivity index (χ4v) is 1.89. The molecule has 0 saturated heterocycles. The molecule has 3 heteroatoms. The summed E-state index contributed by atoms with van der Waals surface area (Å²) in [6.07, 6.45) is 5.30. The maximum absolute atomic E-state index is 5.38. The van der Waals surface area contributed by atoms with Crippen molar-refractivity contribution < 1.29 is 9.47 Å². The van der Waals surface area contributed by atoms with Crippen molar-refractivity contribution in [2.24, 2.45) is 5.41 Å². The van der Waals surface area contributed by atoms with E-state index in [1.165, 1.54) is 25.8 Å². The Bertz CT molecular complexity index is 158. The third-order valence-electron chi connectivity index (χ3n) is 3.19. The summed E-state index contributed by atoms with van der Waals surface area (Å²) in [4.78, 5) is 0. The van der Waals surface area contributed by atoms with E-state index in [1.807, 2.05) is 0 Å². The van der Waals surface area contributed by atoms with Crippen LogP contribution >= 0.6 is 0 Å². The number of methoxy groups -OCH3 is 1. The predicted octanol–water partition coefficient (Wildman–Crippen LogP) is 1.82. The first-order chi connectivity index (χ1) is 7.27. The van der Waals surface area contributed by atoms with Gasteiger partial charge in [-0.15, -0.1) is 0 Å². The molecule has 0 spiro atoms. The van der Waals surface area contributed by atoms with Crippen LogP contribution in [0.25, 0.3) is 0 Å². The third kappa shape index (κ3) is 5.50. The van der Waals surface area contributed by atoms with Crippen LogP contribution in [0.4, 0.5) is 0 Å². The summed E-state index contributed by atoms with van der Waals surface area (Å²) in [5, 5.41) is 3.51. The highest BCUT2D eigenvalue weighted by Crippen LogP contribution is 2.39. The summed E-state index contributed by atoms with van der Waals surface area (Å²) in [6, 6.07) is 0. The van der Waals surface area contributed by atoms with E-state index in [2.05, 4.69) is 12.2 Å². The van der Waals surface area contributed by atoms with Crippen LogP contribution in [0.15, 0.2) is 0 Å². The van der Waals surface area contributed by atoms with Crippen LogP contribution in [-0.4, -0.2) is 40.0 Å². The first kappa shape index (κ1) is 12.9. The zero-order chi connectivity index (χ0) is 11.0. The Kier molecular flexibility index (Phi) is 6.22. The molecule has 0 aromatic carbocycles. The Morgan fingerprint density at radius 3 is 2.60 bits per heavy atom. The summed E-state index contributed by atoms with van der Waals surface area (Å²) in [5.41, 5.74) is 0.594. The van der Waals surface area contributed by atoms with E-state index in [-0.39, 0.29) is 0 Å². The molecule has 1 N–H and O–H groups in total. The molecule has 1 aliphatic carbocycles. The molecule has 15 heavy (non-hydrogen) atoms. The van der Waals surface area contributed by atoms with Crippen molar-refractivity contribution in [2.45, 2.75) is 32.6 Å². The third-order valence-corrected chi connectivity index (χ3v) is 3.19. The summed E-state index contributed by atoms with van der Waals surface area (Å²) in [5.74, 6) is 0. The topological polar surface area (TPSA) is 30.5 Å². The Morgan fingerprint density at radius 1 is 1.20 bits per heavy atom. The lowest BCUT2D eigenvalue weighted by Crippen LogP contribution is -2.37. The van der Waals surface area contributed by atoms with Gasteiger partial charge < -0.3 is 14.8 Å². The van der Waals surface area contributed by atoms with Gasteiger partial charge in [-0.25, -0.2) is 0 Å². The van der Waals surface area contributed by atoms with Gasteiger partial charge in [0.1, 0.15) is 0 Å². The number of hydrogen-bond donors (Lipinski definition) is 1. The van der Waals surface area contributed by atoms with Gasteiger partial charge in [-0.05, 0) is 31.2 Å². The van der Waals surface area contributed by atoms with Gasteiger partial charge in [-0.3, -0.25) is 0 Å². The van der Waals surface area contributed by atoms with Crippen LogP contribution in [0.1, 0.15) is 32.6 Å². The lowest BCUT2D eigenvalue weighted by molar-refractivity contribution is 0.0687. The van der Waals surface area contributed by atoms with Gasteiger partial charge in [0.25, 0.3) is 0 Å². The molecule has 0 bridgehead atoms. The molecule has 0 atom stereocenters. The molecule has 3 nitrogen and oxygen atoms in total. The van der Waals surface area contributed by atoms with Gasteiger partial charge in [0.05, 0.1) is 13.2 Å². The average molecular weight is 215 g/mol. The molecule has 0 radical (unpaired) electrons. The highest BCUT2D eigenvalue weighted by atomic mass is 16.5. The molecule has 0 heterocycles. The summed E-state index contributed by atoms with van der Waals surface area (Å²) < 4.78 is 10.3. The lowest BCUT2D eigenvalue weighted by Gasteiger charge is -2.38. The number of ether oxygens (including phenoxy) is 2. The fraction of sp³-hybridized carbons (Fsp3) is 1.00. The van der Waals surface area contributed by atoms with Gasteiger partial charge in [-0.1, -0.05) is 13.3 Å². The Labute approximate surface area is 93.5 Å². The van der Waals surface area contributed by atoms with Crippen LogP contribution < -0.4 is 5.32 Å². The molecule has 90 valence electrons. The standard InChI is InChI=1S/C12H25NO2/c1-12(5-3-6-12)11-13-7-4-8-15-10-9-14-2/h13H,3-11H2,1-2H3. The van der Waals surface area contributed by atoms with E-state index in [4.69, 9.17) is 9.47 Å². The Hall–Kier alpha value is -0.120. The van der Waals surface area contributed by atoms with E-state index in [0.717, 1.165) is 19.6 Å². The van der Waals surface area contributed by atoms with Crippen molar-refractivity contribution in [1.82, 2.24) is 5.32 Å². The van der Waals surface area contributed by atoms with Gasteiger partial charge in [0.2, 0.25) is 0 Å². The van der Waals surface area contributed by atoms with Crippen LogP contribution in [0.3, 0.4) is 0 Å². The minimum absolute atomic E-state index is 0.594. The van der Waals surface area contributed by atoms with Gasteiger partial charge >= 0.3 is 0 Å². The lowest BCUT2D eigenvalue weighted by atomic mass is 9.70. The summed E-state index contributed by atoms with van der Waals surface area (Å²) >= 11 is 0. The SMILES string of the molecule is COCCOCCCNCC1(C)CCC1. The van der Waals surface area contributed by atoms with Gasteiger partial charge in [0, 0.05) is 20.3 Å². The molecule has 0 aromatic heterocycles. The Morgan fingerprint density at radius 2 is 2.00 bits per heavy atom. The number of nitrogens with one attached hydrogen (secondary N) is 1. The number of rotatable bonds is 9. The average Bonchev–Trinajstić information content (AvgIpc) is 2.19. The molecule has 1 rings (SSSR count). The molecule has 0 aliphatic heterocycles. The van der Waals surface area contributed by atoms with Crippen LogP contribution in [-0.2, 0) is 9.47 Å². The summed E-state index contributed by atoms with van der Waals surface area (Å²) in [6.45, 7) is 6.87. The quantitative estimate of drug-likeness (QED) is 0.595. The zero-order valence-electron chi connectivity index (χ0n) is 10.2. The minimum Gasteiger partial charge on any atom is -0.382 e. The van der Waals surface area contributed by atoms with Crippen molar-refractivity contribution >= 4 is 0 Å². The normalized spacial score (nSPS) is 18.8. The van der Waals surface area contributed by atoms with Crippen LogP contribution in [0, 0.1) is 5.41 Å². The molecule has 0 amide bonds. The maximum Gasteiger partial charge on any atom is 0.0700 e. The second-order valence-corrected chi connectivity index (χ2v) is 4.80. The molecule has 1 fully saturated rings. The van der Waals surface area contributed by atoms with Crippen molar-refractivity contribution in [1.29, 1.82) is 0 Å². The second kappa shape index (κ2) is 7.20. The van der Waals surface area contributed by atoms with E-state index in [0.29, 0.717) is 18.6 Å². The van der Waals surface area contributed by atoms with E-state index < -0.39 is 0 Å². The van der Waals surface area contributed by atoms with Crippen molar-refractivity contribution in [3.05, 3.63) is 0 Å². The molecule has 1 aliphatic rings. The molecule has 0 aromatic rings. The van der Waals surface area contributed by atoms with Crippen molar-refractivity contribution in [2.75, 3.05) is 40.0 Å². The van der Waals surface area contributed by atoms with Gasteiger partial charge in [0.15, 0.2) is 0 Å². The fourth-order valence-electron chi connectivity index (χ4n) is 1.89. The van der Waals surface area contributed by atoms with Crippen LogP contribution in [0.2, 0.25) is 0 Å². The van der Waals surface area contributed by atoms with Gasteiger partial charge in [-0.2, -0.15) is 0 Å².